The second-order valence-corrected chi connectivity index (χ2v) is 9.13. The molecule has 0 aliphatic rings. The second-order valence-electron chi connectivity index (χ2n) is 7.20. The topological polar surface area (TPSA) is 58.6 Å². The number of ether oxygens (including phenoxy) is 1. The Bertz CT molecular complexity index is 1120. The molecular weight excluding hydrogens is 479 g/mol. The van der Waals surface area contributed by atoms with Crippen LogP contribution in [-0.2, 0) is 4.79 Å². The van der Waals surface area contributed by atoms with E-state index in [2.05, 4.69) is 12.2 Å². The molecule has 5 nitrogen and oxygen atoms in total. The van der Waals surface area contributed by atoms with Gasteiger partial charge in [-0.05, 0) is 61.0 Å². The Balaban J connectivity index is 1.79. The van der Waals surface area contributed by atoms with E-state index >= 15 is 0 Å². The van der Waals surface area contributed by atoms with Crippen LogP contribution in [0.1, 0.15) is 26.7 Å². The summed E-state index contributed by atoms with van der Waals surface area (Å²) in [6, 6.07) is 19.9. The van der Waals surface area contributed by atoms with Gasteiger partial charge in [-0.25, -0.2) is 4.79 Å². The zero-order valence-corrected chi connectivity index (χ0v) is 20.6. The first-order chi connectivity index (χ1) is 15.9. The van der Waals surface area contributed by atoms with Gasteiger partial charge in [0.05, 0.1) is 15.7 Å². The number of unbranched alkanes of at least 4 members (excludes halogenated alkanes) is 1. The van der Waals surface area contributed by atoms with Crippen LogP contribution in [0, 0.1) is 0 Å². The van der Waals surface area contributed by atoms with Gasteiger partial charge in [0.2, 0.25) is 0 Å². The zero-order chi connectivity index (χ0) is 23.8. The van der Waals surface area contributed by atoms with Crippen LogP contribution in [0.25, 0.3) is 0 Å². The molecule has 0 aliphatic heterocycles. The molecule has 0 heterocycles. The third-order valence-corrected chi connectivity index (χ3v) is 6.44. The molecule has 1 N–H and O–H groups in total. The molecule has 33 heavy (non-hydrogen) atoms. The molecule has 0 fully saturated rings. The first-order valence-electron chi connectivity index (χ1n) is 10.5. The van der Waals surface area contributed by atoms with E-state index in [0.29, 0.717) is 28.0 Å². The lowest BCUT2D eigenvalue weighted by atomic mass is 10.2. The van der Waals surface area contributed by atoms with E-state index < -0.39 is 0 Å². The van der Waals surface area contributed by atoms with Gasteiger partial charge in [-0.1, -0.05) is 60.4 Å². The maximum Gasteiger partial charge on any atom is 0.326 e. The molecule has 3 aromatic carbocycles. The van der Waals surface area contributed by atoms with Crippen molar-refractivity contribution in [1.82, 2.24) is 0 Å². The molecule has 8 heteroatoms. The first-order valence-corrected chi connectivity index (χ1v) is 12.0. The van der Waals surface area contributed by atoms with Crippen molar-refractivity contribution in [2.45, 2.75) is 36.5 Å². The van der Waals surface area contributed by atoms with Crippen molar-refractivity contribution >= 4 is 58.3 Å². The number of hydrogen-bond acceptors (Lipinski definition) is 4. The van der Waals surface area contributed by atoms with Crippen molar-refractivity contribution in [2.24, 2.45) is 0 Å². The number of rotatable bonds is 8. The Labute approximate surface area is 208 Å². The number of hydrogen-bond donors (Lipinski definition) is 1. The number of anilines is 2. The number of urea groups is 1. The highest BCUT2D eigenvalue weighted by Crippen LogP contribution is 2.33. The standard InChI is InChI=1S/C25H24Cl2N2O3S/c1-3-4-15-29(25(31)28-23-10-6-9-22(26)24(23)27)18-7-5-8-21(16-18)33-20-13-11-19(12-14-20)32-17(2)30/h5-14,16H,3-4,15H2,1-2H3,(H,28,31). The van der Waals surface area contributed by atoms with E-state index in [1.807, 2.05) is 36.4 Å². The number of amides is 2. The molecule has 0 spiro atoms. The molecule has 0 atom stereocenters. The highest BCUT2D eigenvalue weighted by molar-refractivity contribution is 7.99. The van der Waals surface area contributed by atoms with Crippen LogP contribution in [0.15, 0.2) is 76.5 Å². The minimum atomic E-state index is -0.354. The van der Waals surface area contributed by atoms with Gasteiger partial charge in [0, 0.05) is 28.9 Å². The van der Waals surface area contributed by atoms with Crippen LogP contribution >= 0.6 is 35.0 Å². The average Bonchev–Trinajstić information content (AvgIpc) is 2.78. The number of halogens is 2. The summed E-state index contributed by atoms with van der Waals surface area (Å²) in [5.41, 5.74) is 1.25. The molecule has 172 valence electrons. The van der Waals surface area contributed by atoms with E-state index in [9.17, 15) is 9.59 Å². The molecule has 0 saturated carbocycles. The summed E-state index contributed by atoms with van der Waals surface area (Å²) >= 11 is 13.9. The maximum atomic E-state index is 13.1. The van der Waals surface area contributed by atoms with Crippen molar-refractivity contribution in [3.63, 3.8) is 0 Å². The van der Waals surface area contributed by atoms with Crippen LogP contribution in [-0.4, -0.2) is 18.5 Å². The van der Waals surface area contributed by atoms with Gasteiger partial charge in [-0.15, -0.1) is 0 Å². The Morgan fingerprint density at radius 2 is 1.73 bits per heavy atom. The van der Waals surface area contributed by atoms with Gasteiger partial charge in [0.15, 0.2) is 0 Å². The van der Waals surface area contributed by atoms with Gasteiger partial charge in [0.1, 0.15) is 5.75 Å². The van der Waals surface area contributed by atoms with Crippen LogP contribution in [0.2, 0.25) is 10.0 Å². The van der Waals surface area contributed by atoms with E-state index in [1.54, 1.807) is 47.0 Å². The largest absolute Gasteiger partial charge is 0.427 e. The maximum absolute atomic E-state index is 13.1. The molecule has 0 aliphatic carbocycles. The zero-order valence-electron chi connectivity index (χ0n) is 18.3. The number of nitrogens with one attached hydrogen (secondary N) is 1. The van der Waals surface area contributed by atoms with Crippen molar-refractivity contribution in [3.8, 4) is 5.75 Å². The van der Waals surface area contributed by atoms with Gasteiger partial charge in [0.25, 0.3) is 0 Å². The van der Waals surface area contributed by atoms with Gasteiger partial charge in [-0.2, -0.15) is 0 Å². The fraction of sp³-hybridized carbons (Fsp3) is 0.200. The van der Waals surface area contributed by atoms with E-state index in [-0.39, 0.29) is 12.0 Å². The summed E-state index contributed by atoms with van der Waals surface area (Å²) in [7, 11) is 0. The number of carbonyl (C=O) groups is 2. The van der Waals surface area contributed by atoms with Crippen molar-refractivity contribution < 1.29 is 14.3 Å². The molecule has 0 saturated heterocycles. The lowest BCUT2D eigenvalue weighted by Gasteiger charge is -2.24. The van der Waals surface area contributed by atoms with E-state index in [4.69, 9.17) is 27.9 Å². The fourth-order valence-electron chi connectivity index (χ4n) is 3.04. The normalized spacial score (nSPS) is 10.5. The second kappa shape index (κ2) is 12.0. The molecule has 0 radical (unpaired) electrons. The Kier molecular flexibility index (Phi) is 9.06. The lowest BCUT2D eigenvalue weighted by molar-refractivity contribution is -0.131. The first kappa shape index (κ1) is 25.0. The number of nitrogens with zero attached hydrogens (tertiary/aromatic N) is 1. The van der Waals surface area contributed by atoms with Crippen LogP contribution in [0.3, 0.4) is 0 Å². The predicted octanol–water partition coefficient (Wildman–Crippen LogP) is 7.91. The highest BCUT2D eigenvalue weighted by atomic mass is 35.5. The Hall–Kier alpha value is -2.67. The smallest absolute Gasteiger partial charge is 0.326 e. The summed E-state index contributed by atoms with van der Waals surface area (Å²) in [5.74, 6) is 0.148. The molecule has 0 unspecified atom stereocenters. The van der Waals surface area contributed by atoms with Crippen molar-refractivity contribution in [2.75, 3.05) is 16.8 Å². The lowest BCUT2D eigenvalue weighted by Crippen LogP contribution is -2.35. The Morgan fingerprint density at radius 3 is 2.42 bits per heavy atom. The monoisotopic (exact) mass is 502 g/mol. The fourth-order valence-corrected chi connectivity index (χ4v) is 4.26. The van der Waals surface area contributed by atoms with E-state index in [0.717, 1.165) is 28.3 Å². The third kappa shape index (κ3) is 7.16. The minimum Gasteiger partial charge on any atom is -0.427 e. The average molecular weight is 503 g/mol. The quantitative estimate of drug-likeness (QED) is 0.251. The van der Waals surface area contributed by atoms with E-state index in [1.165, 1.54) is 6.92 Å². The molecule has 2 amide bonds. The van der Waals surface area contributed by atoms with Crippen LogP contribution in [0.4, 0.5) is 16.2 Å². The summed E-state index contributed by atoms with van der Waals surface area (Å²) in [5, 5.41) is 3.56. The van der Waals surface area contributed by atoms with Crippen LogP contribution in [0.5, 0.6) is 5.75 Å². The molecule has 3 aromatic rings. The minimum absolute atomic E-state index is 0.277. The number of esters is 1. The van der Waals surface area contributed by atoms with Crippen molar-refractivity contribution in [3.05, 3.63) is 76.8 Å². The van der Waals surface area contributed by atoms with Gasteiger partial charge in [-0.3, -0.25) is 9.69 Å². The molecule has 3 rings (SSSR count). The van der Waals surface area contributed by atoms with Gasteiger partial charge >= 0.3 is 12.0 Å². The summed E-state index contributed by atoms with van der Waals surface area (Å²) in [6.45, 7) is 4.01. The van der Waals surface area contributed by atoms with Gasteiger partial charge < -0.3 is 10.1 Å². The predicted molar refractivity (Wildman–Crippen MR) is 136 cm³/mol. The summed E-state index contributed by atoms with van der Waals surface area (Å²) < 4.78 is 5.08. The van der Waals surface area contributed by atoms with Crippen molar-refractivity contribution in [1.29, 1.82) is 0 Å². The number of benzene rings is 3. The molecule has 0 aromatic heterocycles. The van der Waals surface area contributed by atoms with Crippen LogP contribution < -0.4 is 15.0 Å². The Morgan fingerprint density at radius 1 is 1.00 bits per heavy atom. The SMILES string of the molecule is CCCCN(C(=O)Nc1cccc(Cl)c1Cl)c1cccc(Sc2ccc(OC(C)=O)cc2)c1. The summed E-state index contributed by atoms with van der Waals surface area (Å²) in [6.07, 6.45) is 1.80. The molecule has 0 bridgehead atoms. The highest BCUT2D eigenvalue weighted by Gasteiger charge is 2.18. The summed E-state index contributed by atoms with van der Waals surface area (Å²) in [4.78, 5) is 27.9. The number of carbonyl (C=O) groups excluding carboxylic acids is 2. The molecular formula is C25H24Cl2N2O3S. The third-order valence-electron chi connectivity index (χ3n) is 4.62.